The van der Waals surface area contributed by atoms with Gasteiger partial charge in [0.25, 0.3) is 0 Å². The van der Waals surface area contributed by atoms with Crippen molar-refractivity contribution in [3.05, 3.63) is 156 Å². The number of rotatable bonds is 2. The predicted octanol–water partition coefficient (Wildman–Crippen LogP) is 15.0. The molecule has 0 heterocycles. The highest BCUT2D eigenvalue weighted by molar-refractivity contribution is 6.30. The topological polar surface area (TPSA) is 0 Å². The zero-order chi connectivity index (χ0) is 36.6. The van der Waals surface area contributed by atoms with Crippen molar-refractivity contribution in [1.82, 2.24) is 0 Å². The van der Waals surface area contributed by atoms with Gasteiger partial charge >= 0.3 is 0 Å². The first-order valence-corrected chi connectivity index (χ1v) is 19.3. The Hall–Kier alpha value is -5.46. The van der Waals surface area contributed by atoms with Gasteiger partial charge in [-0.05, 0) is 133 Å². The van der Waals surface area contributed by atoms with E-state index < -0.39 is 0 Å². The van der Waals surface area contributed by atoms with Gasteiger partial charge in [-0.3, -0.25) is 0 Å². The van der Waals surface area contributed by atoms with Crippen LogP contribution < -0.4 is 0 Å². The molecule has 258 valence electrons. The van der Waals surface area contributed by atoms with Gasteiger partial charge in [0.05, 0.1) is 0 Å². The molecule has 0 amide bonds. The Balaban J connectivity index is 1.25. The van der Waals surface area contributed by atoms with Gasteiger partial charge in [-0.2, -0.15) is 0 Å². The van der Waals surface area contributed by atoms with Crippen molar-refractivity contribution in [2.45, 2.75) is 71.6 Å². The van der Waals surface area contributed by atoms with E-state index in [4.69, 9.17) is 0 Å². The maximum absolute atomic E-state index is 2.51. The van der Waals surface area contributed by atoms with Crippen LogP contribution in [0.15, 0.2) is 133 Å². The Morgan fingerprint density at radius 2 is 0.981 bits per heavy atom. The van der Waals surface area contributed by atoms with Gasteiger partial charge < -0.3 is 0 Å². The Morgan fingerprint density at radius 1 is 0.377 bits per heavy atom. The molecule has 2 aliphatic rings. The molecule has 8 aromatic rings. The Kier molecular flexibility index (Phi) is 6.56. The van der Waals surface area contributed by atoms with Crippen molar-refractivity contribution in [3.63, 3.8) is 0 Å². The highest BCUT2D eigenvalue weighted by Gasteiger charge is 2.39. The van der Waals surface area contributed by atoms with Crippen LogP contribution in [0.5, 0.6) is 0 Å². The molecule has 0 saturated carbocycles. The average Bonchev–Trinajstić information content (AvgIpc) is 3.59. The second-order valence-corrected chi connectivity index (χ2v) is 18.1. The molecule has 10 rings (SSSR count). The summed E-state index contributed by atoms with van der Waals surface area (Å²) in [6.07, 6.45) is 0. The fraction of sp³-hybridized carbons (Fsp3) is 0.208. The van der Waals surface area contributed by atoms with Gasteiger partial charge in [0.2, 0.25) is 0 Å². The lowest BCUT2D eigenvalue weighted by atomic mass is 9.76. The van der Waals surface area contributed by atoms with Crippen LogP contribution in [-0.2, 0) is 16.2 Å². The van der Waals surface area contributed by atoms with Crippen LogP contribution in [0, 0.1) is 0 Å². The Bertz CT molecular complexity index is 2860. The Labute approximate surface area is 314 Å². The molecule has 0 unspecified atom stereocenters. The third-order valence-electron chi connectivity index (χ3n) is 12.5. The van der Waals surface area contributed by atoms with Gasteiger partial charge in [-0.25, -0.2) is 0 Å². The third kappa shape index (κ3) is 4.54. The molecule has 53 heavy (non-hydrogen) atoms. The van der Waals surface area contributed by atoms with E-state index in [0.29, 0.717) is 0 Å². The average molecular weight is 683 g/mol. The van der Waals surface area contributed by atoms with E-state index in [1.54, 1.807) is 0 Å². The lowest BCUT2D eigenvalue weighted by Crippen LogP contribution is -2.19. The fourth-order valence-corrected chi connectivity index (χ4v) is 9.60. The van der Waals surface area contributed by atoms with Crippen LogP contribution >= 0.6 is 0 Å². The maximum Gasteiger partial charge on any atom is 0.0159 e. The first-order valence-electron chi connectivity index (χ1n) is 19.3. The molecule has 0 aliphatic heterocycles. The van der Waals surface area contributed by atoms with Crippen molar-refractivity contribution in [3.8, 4) is 55.6 Å². The molecular weight excluding hydrogens is 637 g/mol. The van der Waals surface area contributed by atoms with E-state index >= 15 is 0 Å². The Morgan fingerprint density at radius 3 is 1.74 bits per heavy atom. The lowest BCUT2D eigenvalue weighted by molar-refractivity contribution is 0.580. The predicted molar refractivity (Wildman–Crippen MR) is 229 cm³/mol. The van der Waals surface area contributed by atoms with Crippen LogP contribution in [0.25, 0.3) is 88.0 Å². The third-order valence-corrected chi connectivity index (χ3v) is 12.5. The van der Waals surface area contributed by atoms with Crippen molar-refractivity contribution < 1.29 is 0 Å². The SMILES string of the molecule is CC(C)(C)c1ccc2c(c1)C(C)(C)c1cc(C(C)(C)C)cc(-c3ccc4c(c3)-c3cccc5c(-c6cccc7ccccc67)c6ccccc6c-4c35)c1-2. The lowest BCUT2D eigenvalue weighted by Gasteiger charge is -2.27. The van der Waals surface area contributed by atoms with Crippen LogP contribution in [0.4, 0.5) is 0 Å². The summed E-state index contributed by atoms with van der Waals surface area (Å²) < 4.78 is 0. The molecule has 0 fully saturated rings. The summed E-state index contributed by atoms with van der Waals surface area (Å²) in [4.78, 5) is 0. The number of hydrogen-bond donors (Lipinski definition) is 0. The van der Waals surface area contributed by atoms with Gasteiger partial charge in [-0.1, -0.05) is 177 Å². The molecule has 8 aromatic carbocycles. The van der Waals surface area contributed by atoms with Gasteiger partial charge in [-0.15, -0.1) is 0 Å². The summed E-state index contributed by atoms with van der Waals surface area (Å²) in [7, 11) is 0. The van der Waals surface area contributed by atoms with Gasteiger partial charge in [0.15, 0.2) is 0 Å². The number of benzene rings is 8. The molecule has 0 aromatic heterocycles. The fourth-order valence-electron chi connectivity index (χ4n) is 9.60. The van der Waals surface area contributed by atoms with Crippen molar-refractivity contribution in [2.75, 3.05) is 0 Å². The van der Waals surface area contributed by atoms with Crippen molar-refractivity contribution in [1.29, 1.82) is 0 Å². The molecule has 0 heteroatoms. The minimum atomic E-state index is -0.0998. The van der Waals surface area contributed by atoms with Crippen molar-refractivity contribution >= 4 is 32.3 Å². The first-order chi connectivity index (χ1) is 25.3. The van der Waals surface area contributed by atoms with E-state index in [0.717, 1.165) is 0 Å². The number of fused-ring (bicyclic) bond motifs is 9. The maximum atomic E-state index is 2.51. The van der Waals surface area contributed by atoms with E-state index in [1.807, 2.05) is 0 Å². The summed E-state index contributed by atoms with van der Waals surface area (Å²) in [5.41, 5.74) is 19.1. The zero-order valence-electron chi connectivity index (χ0n) is 32.2. The van der Waals surface area contributed by atoms with Crippen LogP contribution in [0.2, 0.25) is 0 Å². The number of hydrogen-bond acceptors (Lipinski definition) is 0. The molecule has 2 aliphatic carbocycles. The minimum Gasteiger partial charge on any atom is -0.0616 e. The molecule has 0 saturated heterocycles. The summed E-state index contributed by atoms with van der Waals surface area (Å²) in [5.74, 6) is 0. The second-order valence-electron chi connectivity index (χ2n) is 18.1. The van der Waals surface area contributed by atoms with Crippen LogP contribution in [-0.4, -0.2) is 0 Å². The monoisotopic (exact) mass is 682 g/mol. The van der Waals surface area contributed by atoms with Crippen LogP contribution in [0.3, 0.4) is 0 Å². The van der Waals surface area contributed by atoms with Gasteiger partial charge in [0, 0.05) is 5.41 Å². The van der Waals surface area contributed by atoms with E-state index in [-0.39, 0.29) is 16.2 Å². The minimum absolute atomic E-state index is 0.0146. The zero-order valence-corrected chi connectivity index (χ0v) is 32.2. The summed E-state index contributed by atoms with van der Waals surface area (Å²) >= 11 is 0. The molecule has 0 radical (unpaired) electrons. The molecule has 0 nitrogen and oxygen atoms in total. The van der Waals surface area contributed by atoms with E-state index in [1.165, 1.54) is 110 Å². The van der Waals surface area contributed by atoms with Gasteiger partial charge in [0.1, 0.15) is 0 Å². The standard InChI is InChI=1S/C53H46/c1-51(2,3)33-24-26-41-45(29-33)53(7,8)46-30-34(52(4,5)6)28-43(48(41)46)32-23-25-40-44(27-32)39-21-14-22-42-47(36-20-13-16-31-15-9-10-17-35(31)36)37-18-11-12-19-38(37)49(40)50(39)42/h9-30H,1-8H3. The molecule has 0 spiro atoms. The summed E-state index contributed by atoms with van der Waals surface area (Å²) in [6, 6.07) is 51.2. The highest BCUT2D eigenvalue weighted by Crippen LogP contribution is 2.57. The molecule has 0 atom stereocenters. The normalized spacial score (nSPS) is 14.2. The van der Waals surface area contributed by atoms with Crippen LogP contribution in [0.1, 0.15) is 77.6 Å². The van der Waals surface area contributed by atoms with E-state index in [9.17, 15) is 0 Å². The molecule has 0 N–H and O–H groups in total. The largest absolute Gasteiger partial charge is 0.0616 e. The van der Waals surface area contributed by atoms with Crippen molar-refractivity contribution in [2.24, 2.45) is 0 Å². The second kappa shape index (κ2) is 10.8. The highest BCUT2D eigenvalue weighted by atomic mass is 14.4. The molecular formula is C53H46. The summed E-state index contributed by atoms with van der Waals surface area (Å²) in [6.45, 7) is 18.9. The summed E-state index contributed by atoms with van der Waals surface area (Å²) in [5, 5.41) is 7.90. The van der Waals surface area contributed by atoms with E-state index in [2.05, 4.69) is 189 Å². The first kappa shape index (κ1) is 32.2. The quantitative estimate of drug-likeness (QED) is 0.159. The smallest absolute Gasteiger partial charge is 0.0159 e. The molecule has 0 bridgehead atoms.